The molecule has 1 heterocycles. The van der Waals surface area contributed by atoms with Gasteiger partial charge in [0.15, 0.2) is 14.1 Å². The predicted octanol–water partition coefficient (Wildman–Crippen LogP) is 8.79. The smallest absolute Gasteiger partial charge is 0.311 e. The van der Waals surface area contributed by atoms with Crippen molar-refractivity contribution >= 4 is 33.0 Å². The summed E-state index contributed by atoms with van der Waals surface area (Å²) in [5.41, 5.74) is -0.560. The summed E-state index contributed by atoms with van der Waals surface area (Å²) in [6, 6.07) is 21.5. The summed E-state index contributed by atoms with van der Waals surface area (Å²) < 4.78 is 33.0. The van der Waals surface area contributed by atoms with E-state index in [0.29, 0.717) is 12.8 Å². The lowest BCUT2D eigenvalue weighted by Gasteiger charge is -2.44. The zero-order chi connectivity index (χ0) is 36.2. The molecule has 0 amide bonds. The molecule has 4 atom stereocenters. The van der Waals surface area contributed by atoms with Crippen LogP contribution in [0.5, 0.6) is 0 Å². The highest BCUT2D eigenvalue weighted by atomic mass is 28.4. The summed E-state index contributed by atoms with van der Waals surface area (Å²) >= 11 is 0. The molecule has 0 aromatic heterocycles. The van der Waals surface area contributed by atoms with E-state index >= 15 is 0 Å². The monoisotopic (exact) mass is 696 g/mol. The summed E-state index contributed by atoms with van der Waals surface area (Å²) in [6.07, 6.45) is 4.56. The van der Waals surface area contributed by atoms with Crippen molar-refractivity contribution in [1.82, 2.24) is 0 Å². The summed E-state index contributed by atoms with van der Waals surface area (Å²) in [4.78, 5) is 12.5. The first-order valence-corrected chi connectivity index (χ1v) is 22.5. The molecular weight excluding hydrogens is 633 g/mol. The Morgan fingerprint density at radius 2 is 1.35 bits per heavy atom. The maximum Gasteiger partial charge on any atom is 0.311 e. The van der Waals surface area contributed by atoms with Crippen molar-refractivity contribution in [3.05, 3.63) is 72.8 Å². The number of esters is 1. The lowest BCUT2D eigenvalue weighted by molar-refractivity contribution is -0.157. The van der Waals surface area contributed by atoms with Gasteiger partial charge in [-0.2, -0.15) is 0 Å². The molecule has 1 aliphatic rings. The number of rotatable bonds is 13. The predicted molar refractivity (Wildman–Crippen MR) is 203 cm³/mol. The van der Waals surface area contributed by atoms with Gasteiger partial charge in [-0.1, -0.05) is 114 Å². The molecule has 1 unspecified atom stereocenters. The van der Waals surface area contributed by atoms with E-state index in [1.807, 2.05) is 34.6 Å². The van der Waals surface area contributed by atoms with Gasteiger partial charge in [0.1, 0.15) is 6.10 Å². The average Bonchev–Trinajstić information content (AvgIpc) is 3.28. The van der Waals surface area contributed by atoms with E-state index in [1.54, 1.807) is 0 Å². The zero-order valence-electron chi connectivity index (χ0n) is 32.3. The van der Waals surface area contributed by atoms with Crippen molar-refractivity contribution in [2.24, 2.45) is 5.41 Å². The Hall–Kier alpha value is -2.08. The zero-order valence-corrected chi connectivity index (χ0v) is 34.3. The highest BCUT2D eigenvalue weighted by Gasteiger charge is 2.51. The van der Waals surface area contributed by atoms with E-state index in [1.165, 1.54) is 10.4 Å². The van der Waals surface area contributed by atoms with Gasteiger partial charge < -0.3 is 23.1 Å². The van der Waals surface area contributed by atoms with Crippen molar-refractivity contribution in [3.63, 3.8) is 0 Å². The molecule has 2 aromatic carbocycles. The number of benzene rings is 2. The SMILES string of the molecule is C[C@@H](C/C=C\C(O[Si](C)(C)C(C)(C)C)[C@H]1OC(C)(C)O[C@H]1CCOC(=O)C(C)(C)C)O[Si](c1ccccc1)(c1ccccc1)C(C)(C)C. The van der Waals surface area contributed by atoms with Crippen LogP contribution in [0.1, 0.15) is 95.9 Å². The van der Waals surface area contributed by atoms with Crippen LogP contribution in [0.3, 0.4) is 0 Å². The quantitative estimate of drug-likeness (QED) is 0.119. The van der Waals surface area contributed by atoms with Crippen LogP contribution in [0.4, 0.5) is 0 Å². The van der Waals surface area contributed by atoms with Crippen LogP contribution in [0.2, 0.25) is 23.2 Å². The normalized spacial score (nSPS) is 20.5. The minimum absolute atomic E-state index is 0.00544. The molecule has 268 valence electrons. The average molecular weight is 697 g/mol. The topological polar surface area (TPSA) is 63.2 Å². The van der Waals surface area contributed by atoms with Crippen molar-refractivity contribution < 1.29 is 27.9 Å². The maximum atomic E-state index is 12.5. The van der Waals surface area contributed by atoms with Gasteiger partial charge >= 0.3 is 5.97 Å². The Bertz CT molecular complexity index is 1300. The van der Waals surface area contributed by atoms with Crippen molar-refractivity contribution in [2.45, 2.75) is 149 Å². The van der Waals surface area contributed by atoms with E-state index in [4.69, 9.17) is 23.1 Å². The van der Waals surface area contributed by atoms with Crippen LogP contribution < -0.4 is 10.4 Å². The fourth-order valence-corrected chi connectivity index (χ4v) is 12.0. The Morgan fingerprint density at radius 3 is 1.81 bits per heavy atom. The number of hydrogen-bond donors (Lipinski definition) is 0. The molecule has 1 fully saturated rings. The van der Waals surface area contributed by atoms with Gasteiger partial charge in [-0.05, 0) is 81.5 Å². The molecule has 8 heteroatoms. The number of carbonyl (C=O) groups excluding carboxylic acids is 1. The van der Waals surface area contributed by atoms with Crippen LogP contribution in [0, 0.1) is 5.41 Å². The highest BCUT2D eigenvalue weighted by molar-refractivity contribution is 6.99. The van der Waals surface area contributed by atoms with Gasteiger partial charge in [0, 0.05) is 12.5 Å². The summed E-state index contributed by atoms with van der Waals surface area (Å²) in [7, 11) is -4.90. The van der Waals surface area contributed by atoms with E-state index < -0.39 is 27.8 Å². The van der Waals surface area contributed by atoms with Crippen molar-refractivity contribution in [2.75, 3.05) is 6.61 Å². The molecule has 48 heavy (non-hydrogen) atoms. The summed E-state index contributed by atoms with van der Waals surface area (Å²) in [6.45, 7) is 30.1. The molecular formula is C40H64O6Si2. The molecule has 0 N–H and O–H groups in total. The molecule has 0 spiro atoms. The van der Waals surface area contributed by atoms with E-state index in [2.05, 4.69) is 134 Å². The molecule has 1 aliphatic heterocycles. The fourth-order valence-electron chi connectivity index (χ4n) is 6.03. The van der Waals surface area contributed by atoms with E-state index in [-0.39, 0.29) is 47.1 Å². The lowest BCUT2D eigenvalue weighted by atomic mass is 9.97. The lowest BCUT2D eigenvalue weighted by Crippen LogP contribution is -2.67. The molecule has 3 rings (SSSR count). The Balaban J connectivity index is 1.92. The number of carbonyl (C=O) groups is 1. The Kier molecular flexibility index (Phi) is 13.0. The molecule has 0 saturated carbocycles. The summed E-state index contributed by atoms with van der Waals surface area (Å²) in [5.74, 6) is -1.01. The van der Waals surface area contributed by atoms with Crippen LogP contribution in [0.25, 0.3) is 0 Å². The van der Waals surface area contributed by atoms with Gasteiger partial charge in [0.25, 0.3) is 8.32 Å². The van der Waals surface area contributed by atoms with E-state index in [0.717, 1.165) is 0 Å². The Labute approximate surface area is 294 Å². The first-order chi connectivity index (χ1) is 22.0. The number of hydrogen-bond acceptors (Lipinski definition) is 6. The van der Waals surface area contributed by atoms with Crippen LogP contribution >= 0.6 is 0 Å². The minimum Gasteiger partial charge on any atom is -0.465 e. The number of ether oxygens (including phenoxy) is 3. The van der Waals surface area contributed by atoms with Crippen LogP contribution in [-0.4, -0.2) is 59.4 Å². The first-order valence-electron chi connectivity index (χ1n) is 17.7. The third-order valence-electron chi connectivity index (χ3n) is 9.62. The first kappa shape index (κ1) is 40.4. The second kappa shape index (κ2) is 15.4. The van der Waals surface area contributed by atoms with Gasteiger partial charge in [-0.15, -0.1) is 0 Å². The van der Waals surface area contributed by atoms with Gasteiger partial charge in [-0.3, -0.25) is 4.79 Å². The van der Waals surface area contributed by atoms with E-state index in [9.17, 15) is 4.79 Å². The maximum absolute atomic E-state index is 12.5. The van der Waals surface area contributed by atoms with Crippen LogP contribution in [0.15, 0.2) is 72.8 Å². The second-order valence-corrected chi connectivity index (χ2v) is 26.4. The Morgan fingerprint density at radius 1 is 0.833 bits per heavy atom. The molecule has 6 nitrogen and oxygen atoms in total. The van der Waals surface area contributed by atoms with Gasteiger partial charge in [0.05, 0.1) is 24.2 Å². The van der Waals surface area contributed by atoms with Crippen molar-refractivity contribution in [1.29, 1.82) is 0 Å². The van der Waals surface area contributed by atoms with Gasteiger partial charge in [0.2, 0.25) is 0 Å². The standard InChI is InChI=1S/C40H64O6Si2/c1-30(45-48(39(8,9)10,31-23-17-15-18-24-31)32-25-19-16-20-26-32)22-21-27-34(46-47(13,14)38(5,6)7)35-33(43-40(11,12)44-35)28-29-42-36(41)37(2,3)4/h15-21,23-27,30,33-35H,22,28-29H2,1-14H3/b27-21-/t30-,33-,34?,35-/m0/s1. The molecule has 0 aliphatic carbocycles. The fraction of sp³-hybridized carbons (Fsp3) is 0.625. The highest BCUT2D eigenvalue weighted by Crippen LogP contribution is 2.41. The largest absolute Gasteiger partial charge is 0.465 e. The minimum atomic E-state index is -2.69. The second-order valence-electron chi connectivity index (χ2n) is 17.4. The van der Waals surface area contributed by atoms with Crippen LogP contribution in [-0.2, 0) is 27.9 Å². The molecule has 0 bridgehead atoms. The summed E-state index contributed by atoms with van der Waals surface area (Å²) in [5, 5.41) is 2.44. The third kappa shape index (κ3) is 10.0. The molecule has 0 radical (unpaired) electrons. The van der Waals surface area contributed by atoms with Gasteiger partial charge in [-0.25, -0.2) is 0 Å². The molecule has 2 aromatic rings. The van der Waals surface area contributed by atoms with Crippen molar-refractivity contribution in [3.8, 4) is 0 Å². The third-order valence-corrected chi connectivity index (χ3v) is 19.3. The molecule has 1 saturated heterocycles.